The predicted octanol–water partition coefficient (Wildman–Crippen LogP) is -0.192. The topological polar surface area (TPSA) is 92.4 Å². The van der Waals surface area contributed by atoms with E-state index < -0.39 is 11.9 Å². The summed E-state index contributed by atoms with van der Waals surface area (Å²) in [5.74, 6) is -1.65. The molecule has 15 heavy (non-hydrogen) atoms. The lowest BCUT2D eigenvalue weighted by Gasteiger charge is -2.14. The molecule has 0 aromatic rings. The Balaban J connectivity index is 2.58. The smallest absolute Gasteiger partial charge is 0.307 e. The lowest BCUT2D eigenvalue weighted by molar-refractivity contribution is -0.146. The van der Waals surface area contributed by atoms with Gasteiger partial charge in [-0.15, -0.1) is 0 Å². The minimum Gasteiger partial charge on any atom is -0.481 e. The van der Waals surface area contributed by atoms with Crippen molar-refractivity contribution in [1.29, 1.82) is 0 Å². The highest BCUT2D eigenvalue weighted by atomic mass is 16.4. The largest absolute Gasteiger partial charge is 0.481 e. The second-order valence-corrected chi connectivity index (χ2v) is 4.21. The molecule has 3 atom stereocenters. The Morgan fingerprint density at radius 2 is 2.00 bits per heavy atom. The summed E-state index contributed by atoms with van der Waals surface area (Å²) in [5, 5.41) is 11.6. The Labute approximate surface area is 89.0 Å². The SMILES string of the molecule is CC1C[C@H](C(=O)NCCN)[C@H](C(=O)O)C1. The van der Waals surface area contributed by atoms with Gasteiger partial charge in [0.25, 0.3) is 0 Å². The number of carboxylic acid groups (broad SMARTS) is 1. The maximum Gasteiger partial charge on any atom is 0.307 e. The summed E-state index contributed by atoms with van der Waals surface area (Å²) < 4.78 is 0. The Kier molecular flexibility index (Phi) is 4.08. The summed E-state index contributed by atoms with van der Waals surface area (Å²) in [5.41, 5.74) is 5.27. The van der Waals surface area contributed by atoms with E-state index in [1.807, 2.05) is 6.92 Å². The van der Waals surface area contributed by atoms with Crippen LogP contribution in [0.4, 0.5) is 0 Å². The number of carbonyl (C=O) groups is 2. The first-order chi connectivity index (χ1) is 7.06. The molecule has 1 aliphatic carbocycles. The zero-order chi connectivity index (χ0) is 11.4. The highest BCUT2D eigenvalue weighted by molar-refractivity contribution is 5.85. The minimum absolute atomic E-state index is 0.169. The molecular formula is C10H18N2O3. The van der Waals surface area contributed by atoms with Crippen LogP contribution >= 0.6 is 0 Å². The molecule has 86 valence electrons. The number of amides is 1. The fourth-order valence-electron chi connectivity index (χ4n) is 2.18. The summed E-state index contributed by atoms with van der Waals surface area (Å²) in [6.45, 7) is 2.77. The van der Waals surface area contributed by atoms with E-state index in [9.17, 15) is 9.59 Å². The first-order valence-electron chi connectivity index (χ1n) is 5.26. The number of hydrogen-bond donors (Lipinski definition) is 3. The third-order valence-electron chi connectivity index (χ3n) is 2.90. The predicted molar refractivity (Wildman–Crippen MR) is 55.1 cm³/mol. The molecule has 0 aliphatic heterocycles. The van der Waals surface area contributed by atoms with Gasteiger partial charge in [0.1, 0.15) is 0 Å². The minimum atomic E-state index is -0.868. The molecule has 1 aliphatic rings. The van der Waals surface area contributed by atoms with Crippen LogP contribution in [0.2, 0.25) is 0 Å². The van der Waals surface area contributed by atoms with Crippen LogP contribution in [0.5, 0.6) is 0 Å². The van der Waals surface area contributed by atoms with Crippen molar-refractivity contribution in [3.05, 3.63) is 0 Å². The highest BCUT2D eigenvalue weighted by Gasteiger charge is 2.40. The molecule has 1 unspecified atom stereocenters. The molecule has 0 aromatic carbocycles. The number of carboxylic acids is 1. The molecule has 4 N–H and O–H groups in total. The molecule has 0 spiro atoms. The van der Waals surface area contributed by atoms with Crippen molar-refractivity contribution in [2.75, 3.05) is 13.1 Å². The van der Waals surface area contributed by atoms with Gasteiger partial charge in [0.2, 0.25) is 5.91 Å². The molecule has 0 aromatic heterocycles. The monoisotopic (exact) mass is 214 g/mol. The van der Waals surface area contributed by atoms with Gasteiger partial charge in [-0.3, -0.25) is 9.59 Å². The first kappa shape index (κ1) is 12.0. The lowest BCUT2D eigenvalue weighted by Crippen LogP contribution is -2.37. The van der Waals surface area contributed by atoms with Crippen LogP contribution in [-0.4, -0.2) is 30.1 Å². The van der Waals surface area contributed by atoms with E-state index in [1.54, 1.807) is 0 Å². The Morgan fingerprint density at radius 3 is 2.53 bits per heavy atom. The molecule has 0 saturated heterocycles. The van der Waals surface area contributed by atoms with E-state index in [0.717, 1.165) is 0 Å². The van der Waals surface area contributed by atoms with Gasteiger partial charge in [-0.2, -0.15) is 0 Å². The molecule has 0 heterocycles. The molecule has 1 amide bonds. The third-order valence-corrected chi connectivity index (χ3v) is 2.90. The van der Waals surface area contributed by atoms with E-state index >= 15 is 0 Å². The van der Waals surface area contributed by atoms with Gasteiger partial charge >= 0.3 is 5.97 Å². The maximum absolute atomic E-state index is 11.6. The number of nitrogens with one attached hydrogen (secondary N) is 1. The summed E-state index contributed by atoms with van der Waals surface area (Å²) in [6, 6.07) is 0. The Hall–Kier alpha value is -1.10. The van der Waals surface area contributed by atoms with Gasteiger partial charge in [-0.05, 0) is 18.8 Å². The molecule has 0 bridgehead atoms. The van der Waals surface area contributed by atoms with Gasteiger partial charge in [0.05, 0.1) is 11.8 Å². The standard InChI is InChI=1S/C10H18N2O3/c1-6-4-7(8(5-6)10(14)15)9(13)12-3-2-11/h6-8H,2-5,11H2,1H3,(H,12,13)(H,14,15)/t6?,7-,8+/m0/s1. The van der Waals surface area contributed by atoms with Crippen LogP contribution in [0.3, 0.4) is 0 Å². The van der Waals surface area contributed by atoms with Crippen LogP contribution in [0.25, 0.3) is 0 Å². The van der Waals surface area contributed by atoms with E-state index in [2.05, 4.69) is 5.32 Å². The third kappa shape index (κ3) is 2.92. The van der Waals surface area contributed by atoms with Crippen molar-refractivity contribution in [3.63, 3.8) is 0 Å². The Bertz CT molecular complexity index is 255. The highest BCUT2D eigenvalue weighted by Crippen LogP contribution is 2.36. The lowest BCUT2D eigenvalue weighted by atomic mass is 9.95. The maximum atomic E-state index is 11.6. The van der Waals surface area contributed by atoms with Crippen molar-refractivity contribution < 1.29 is 14.7 Å². The van der Waals surface area contributed by atoms with Crippen molar-refractivity contribution in [2.24, 2.45) is 23.5 Å². The van der Waals surface area contributed by atoms with Gasteiger partial charge < -0.3 is 16.2 Å². The zero-order valence-corrected chi connectivity index (χ0v) is 8.90. The fourth-order valence-corrected chi connectivity index (χ4v) is 2.18. The van der Waals surface area contributed by atoms with Crippen molar-refractivity contribution in [2.45, 2.75) is 19.8 Å². The number of aliphatic carboxylic acids is 1. The summed E-state index contributed by atoms with van der Waals surface area (Å²) in [4.78, 5) is 22.6. The van der Waals surface area contributed by atoms with E-state index in [4.69, 9.17) is 10.8 Å². The Morgan fingerprint density at radius 1 is 1.40 bits per heavy atom. The molecule has 5 heteroatoms. The van der Waals surface area contributed by atoms with Crippen LogP contribution in [0.1, 0.15) is 19.8 Å². The van der Waals surface area contributed by atoms with Gasteiger partial charge in [0.15, 0.2) is 0 Å². The summed E-state index contributed by atoms with van der Waals surface area (Å²) >= 11 is 0. The van der Waals surface area contributed by atoms with Gasteiger partial charge in [0, 0.05) is 13.1 Å². The number of carbonyl (C=O) groups excluding carboxylic acids is 1. The normalized spacial score (nSPS) is 30.1. The first-order valence-corrected chi connectivity index (χ1v) is 5.26. The molecule has 1 fully saturated rings. The van der Waals surface area contributed by atoms with E-state index in [-0.39, 0.29) is 11.8 Å². The molecule has 0 radical (unpaired) electrons. The van der Waals surface area contributed by atoms with Crippen molar-refractivity contribution >= 4 is 11.9 Å². The number of hydrogen-bond acceptors (Lipinski definition) is 3. The number of nitrogens with two attached hydrogens (primary N) is 1. The van der Waals surface area contributed by atoms with Crippen LogP contribution in [0, 0.1) is 17.8 Å². The van der Waals surface area contributed by atoms with Crippen molar-refractivity contribution in [3.8, 4) is 0 Å². The zero-order valence-electron chi connectivity index (χ0n) is 8.90. The van der Waals surface area contributed by atoms with Gasteiger partial charge in [-0.25, -0.2) is 0 Å². The molecule has 1 saturated carbocycles. The molecule has 1 rings (SSSR count). The second-order valence-electron chi connectivity index (χ2n) is 4.21. The van der Waals surface area contributed by atoms with Crippen LogP contribution < -0.4 is 11.1 Å². The van der Waals surface area contributed by atoms with E-state index in [0.29, 0.717) is 31.8 Å². The molecule has 5 nitrogen and oxygen atoms in total. The fraction of sp³-hybridized carbons (Fsp3) is 0.800. The summed E-state index contributed by atoms with van der Waals surface area (Å²) in [6.07, 6.45) is 1.25. The molecular weight excluding hydrogens is 196 g/mol. The van der Waals surface area contributed by atoms with Crippen molar-refractivity contribution in [1.82, 2.24) is 5.32 Å². The average Bonchev–Trinajstić information content (AvgIpc) is 2.57. The van der Waals surface area contributed by atoms with Crippen LogP contribution in [-0.2, 0) is 9.59 Å². The van der Waals surface area contributed by atoms with Crippen LogP contribution in [0.15, 0.2) is 0 Å². The summed E-state index contributed by atoms with van der Waals surface area (Å²) in [7, 11) is 0. The van der Waals surface area contributed by atoms with Gasteiger partial charge in [-0.1, -0.05) is 6.92 Å². The number of rotatable bonds is 4. The van der Waals surface area contributed by atoms with E-state index in [1.165, 1.54) is 0 Å². The average molecular weight is 214 g/mol. The quantitative estimate of drug-likeness (QED) is 0.604. The second kappa shape index (κ2) is 5.11.